The number of benzene rings is 7. The van der Waals surface area contributed by atoms with Crippen molar-refractivity contribution < 1.29 is 9.90 Å². The predicted octanol–water partition coefficient (Wildman–Crippen LogP) is 12.7. The fourth-order valence-electron chi connectivity index (χ4n) is 8.55. The van der Waals surface area contributed by atoms with Gasteiger partial charge in [0.05, 0.1) is 27.4 Å². The van der Waals surface area contributed by atoms with Crippen molar-refractivity contribution in [1.29, 1.82) is 5.26 Å². The first-order valence-electron chi connectivity index (χ1n) is 17.2. The van der Waals surface area contributed by atoms with Gasteiger partial charge in [0.1, 0.15) is 5.60 Å². The fraction of sp³-hybridized carbons (Fsp3) is 0.130. The normalized spacial score (nSPS) is 22.8. The molecule has 260 valence electrons. The summed E-state index contributed by atoms with van der Waals surface area (Å²) in [4.78, 5) is 15.6. The second-order valence-electron chi connectivity index (χ2n) is 13.8. The van der Waals surface area contributed by atoms with Crippen LogP contribution in [-0.2, 0) is 11.0 Å². The van der Waals surface area contributed by atoms with Crippen molar-refractivity contribution in [3.05, 3.63) is 200 Å². The van der Waals surface area contributed by atoms with Crippen molar-refractivity contribution in [1.82, 2.24) is 0 Å². The lowest BCUT2D eigenvalue weighted by molar-refractivity contribution is -0.0737. The number of carbonyl (C=O) groups is 1. The number of Topliss-reactive ketones (excluding diaryl/α,β-unsaturated/α-hetero) is 1. The summed E-state index contributed by atoms with van der Waals surface area (Å²) in [7, 11) is 0. The summed E-state index contributed by atoms with van der Waals surface area (Å²) in [5.41, 5.74) is -0.220. The van der Waals surface area contributed by atoms with E-state index < -0.39 is 28.8 Å². The van der Waals surface area contributed by atoms with E-state index in [-0.39, 0.29) is 17.2 Å². The first kappa shape index (κ1) is 35.4. The predicted molar refractivity (Wildman–Crippen MR) is 216 cm³/mol. The molecule has 0 aromatic heterocycles. The van der Waals surface area contributed by atoms with E-state index in [1.807, 2.05) is 109 Å². The SMILES string of the molecule is N#C[C@@]1(c2ccc(Cl)c(Cl)c2)[C@@H](c2ccc(Cl)cc2)C[C@@](O)(c2ccc3ccccc3c2)[C@H](C(=O)c2ccc3ccccc3c2)[C@H]1c1ccc(Cl)cc1. The first-order chi connectivity index (χ1) is 25.6. The van der Waals surface area contributed by atoms with E-state index in [1.54, 1.807) is 42.5 Å². The lowest BCUT2D eigenvalue weighted by Gasteiger charge is -2.56. The minimum absolute atomic E-state index is 0.0227. The minimum atomic E-state index is -1.78. The van der Waals surface area contributed by atoms with Crippen LogP contribution in [0.25, 0.3) is 21.5 Å². The van der Waals surface area contributed by atoms with Gasteiger partial charge in [-0.3, -0.25) is 4.79 Å². The van der Waals surface area contributed by atoms with E-state index in [9.17, 15) is 10.4 Å². The number of ketones is 1. The van der Waals surface area contributed by atoms with Gasteiger partial charge in [-0.25, -0.2) is 0 Å². The van der Waals surface area contributed by atoms with E-state index in [0.29, 0.717) is 37.3 Å². The Balaban J connectivity index is 1.49. The zero-order valence-corrected chi connectivity index (χ0v) is 31.2. The summed E-state index contributed by atoms with van der Waals surface area (Å²) in [6, 6.07) is 49.7. The van der Waals surface area contributed by atoms with Gasteiger partial charge in [-0.05, 0) is 98.8 Å². The average molecular weight is 772 g/mol. The second-order valence-corrected chi connectivity index (χ2v) is 15.5. The van der Waals surface area contributed by atoms with Crippen molar-refractivity contribution >= 4 is 73.7 Å². The Bertz CT molecular complexity index is 2560. The molecule has 0 bridgehead atoms. The van der Waals surface area contributed by atoms with Crippen LogP contribution in [0, 0.1) is 17.2 Å². The molecule has 0 unspecified atom stereocenters. The summed E-state index contributed by atoms with van der Waals surface area (Å²) in [5, 5.41) is 31.0. The number of aliphatic hydroxyl groups is 1. The highest BCUT2D eigenvalue weighted by Crippen LogP contribution is 2.64. The van der Waals surface area contributed by atoms with Gasteiger partial charge >= 0.3 is 0 Å². The third kappa shape index (κ3) is 6.10. The molecule has 8 rings (SSSR count). The summed E-state index contributed by atoms with van der Waals surface area (Å²) >= 11 is 26.1. The van der Waals surface area contributed by atoms with Crippen LogP contribution in [0.15, 0.2) is 152 Å². The molecule has 7 aromatic carbocycles. The van der Waals surface area contributed by atoms with Gasteiger partial charge in [0.2, 0.25) is 0 Å². The summed E-state index contributed by atoms with van der Waals surface area (Å²) in [5.74, 6) is -3.05. The highest BCUT2D eigenvalue weighted by molar-refractivity contribution is 6.42. The van der Waals surface area contributed by atoms with Crippen LogP contribution in [0.5, 0.6) is 0 Å². The van der Waals surface area contributed by atoms with Gasteiger partial charge in [-0.15, -0.1) is 0 Å². The Morgan fingerprint density at radius 1 is 0.604 bits per heavy atom. The average Bonchev–Trinajstić information content (AvgIpc) is 3.18. The van der Waals surface area contributed by atoms with Gasteiger partial charge < -0.3 is 5.11 Å². The fourth-order valence-corrected chi connectivity index (χ4v) is 9.10. The van der Waals surface area contributed by atoms with Gasteiger partial charge in [0, 0.05) is 27.4 Å². The van der Waals surface area contributed by atoms with Gasteiger partial charge in [-0.1, -0.05) is 150 Å². The molecule has 0 spiro atoms. The molecule has 0 saturated heterocycles. The van der Waals surface area contributed by atoms with Crippen molar-refractivity contribution in [3.8, 4) is 6.07 Å². The molecule has 3 nitrogen and oxygen atoms in total. The Hall–Kier alpha value is -4.66. The van der Waals surface area contributed by atoms with Crippen molar-refractivity contribution in [2.24, 2.45) is 5.92 Å². The molecular formula is C46H31Cl4NO2. The van der Waals surface area contributed by atoms with E-state index >= 15 is 4.79 Å². The third-order valence-corrected chi connectivity index (χ3v) is 12.3. The molecule has 0 heterocycles. The Labute approximate surface area is 327 Å². The maximum atomic E-state index is 15.6. The molecule has 1 fully saturated rings. The first-order valence-corrected chi connectivity index (χ1v) is 18.8. The Morgan fingerprint density at radius 2 is 1.15 bits per heavy atom. The molecule has 1 saturated carbocycles. The monoisotopic (exact) mass is 769 g/mol. The second kappa shape index (κ2) is 14.0. The van der Waals surface area contributed by atoms with Gasteiger partial charge in [0.25, 0.3) is 0 Å². The van der Waals surface area contributed by atoms with Crippen molar-refractivity contribution in [2.75, 3.05) is 0 Å². The molecule has 1 N–H and O–H groups in total. The van der Waals surface area contributed by atoms with Crippen LogP contribution in [0.4, 0.5) is 0 Å². The van der Waals surface area contributed by atoms with Crippen LogP contribution in [0.1, 0.15) is 50.9 Å². The highest BCUT2D eigenvalue weighted by atomic mass is 35.5. The number of fused-ring (bicyclic) bond motifs is 2. The molecule has 1 aliphatic rings. The van der Waals surface area contributed by atoms with Crippen LogP contribution >= 0.6 is 46.4 Å². The molecule has 0 amide bonds. The molecule has 0 radical (unpaired) electrons. The summed E-state index contributed by atoms with van der Waals surface area (Å²) < 4.78 is 0. The number of rotatable bonds is 6. The Kier molecular flexibility index (Phi) is 9.32. The summed E-state index contributed by atoms with van der Waals surface area (Å²) in [6.07, 6.45) is 0.0227. The number of nitriles is 1. The van der Waals surface area contributed by atoms with Crippen LogP contribution in [0.2, 0.25) is 20.1 Å². The lowest BCUT2D eigenvalue weighted by Crippen LogP contribution is -2.58. The largest absolute Gasteiger partial charge is 0.384 e. The maximum Gasteiger partial charge on any atom is 0.169 e. The number of halogens is 4. The molecule has 1 aliphatic carbocycles. The molecule has 0 aliphatic heterocycles. The van der Waals surface area contributed by atoms with Crippen LogP contribution in [0.3, 0.4) is 0 Å². The smallest absolute Gasteiger partial charge is 0.169 e. The van der Waals surface area contributed by atoms with E-state index in [2.05, 4.69) is 6.07 Å². The quantitative estimate of drug-likeness (QED) is 0.171. The van der Waals surface area contributed by atoms with Crippen molar-refractivity contribution in [3.63, 3.8) is 0 Å². The van der Waals surface area contributed by atoms with Gasteiger partial charge in [-0.2, -0.15) is 5.26 Å². The van der Waals surface area contributed by atoms with Crippen molar-refractivity contribution in [2.45, 2.75) is 29.3 Å². The summed E-state index contributed by atoms with van der Waals surface area (Å²) in [6.45, 7) is 0. The van der Waals surface area contributed by atoms with Crippen LogP contribution in [-0.4, -0.2) is 10.9 Å². The standard InChI is InChI=1S/C46H31Cl4NO2/c47-37-18-12-30(13-19-37)39-26-46(53,36-16-11-29-6-2-4-8-33(29)24-36)43(44(52)34-10-9-28-5-1-3-7-32(28)23-34)42(31-14-20-38(48)21-15-31)45(39,27-51)35-17-22-40(49)41(50)25-35/h1-25,39,42-43,53H,26H2/t39-,42-,43+,45-,46-/m1/s1. The minimum Gasteiger partial charge on any atom is -0.384 e. The van der Waals surface area contributed by atoms with E-state index in [1.165, 1.54) is 0 Å². The van der Waals surface area contributed by atoms with E-state index in [4.69, 9.17) is 46.4 Å². The van der Waals surface area contributed by atoms with Gasteiger partial charge in [0.15, 0.2) is 5.78 Å². The zero-order valence-electron chi connectivity index (χ0n) is 28.2. The topological polar surface area (TPSA) is 61.1 Å². The van der Waals surface area contributed by atoms with E-state index in [0.717, 1.165) is 27.1 Å². The molecular weight excluding hydrogens is 740 g/mol. The molecule has 5 atom stereocenters. The maximum absolute atomic E-state index is 15.6. The lowest BCUT2D eigenvalue weighted by atomic mass is 9.46. The number of nitrogens with zero attached hydrogens (tertiary/aromatic N) is 1. The number of hydrogen-bond acceptors (Lipinski definition) is 3. The Morgan fingerprint density at radius 3 is 1.75 bits per heavy atom. The number of carbonyl (C=O) groups excluding carboxylic acids is 1. The molecule has 53 heavy (non-hydrogen) atoms. The zero-order chi connectivity index (χ0) is 36.9. The van der Waals surface area contributed by atoms with Crippen LogP contribution < -0.4 is 0 Å². The number of hydrogen-bond donors (Lipinski definition) is 1. The highest BCUT2D eigenvalue weighted by Gasteiger charge is 2.64. The molecule has 7 aromatic rings. The molecule has 7 heteroatoms. The third-order valence-electron chi connectivity index (χ3n) is 11.1.